The van der Waals surface area contributed by atoms with Crippen LogP contribution in [0.3, 0.4) is 0 Å². The highest BCUT2D eigenvalue weighted by Gasteiger charge is 2.41. The summed E-state index contributed by atoms with van der Waals surface area (Å²) in [6, 6.07) is -0.368. The average Bonchev–Trinajstić information content (AvgIpc) is 2.89. The lowest BCUT2D eigenvalue weighted by molar-refractivity contribution is -0.145. The maximum Gasteiger partial charge on any atom is 0.311 e. The quantitative estimate of drug-likeness (QED) is 0.789. The Kier molecular flexibility index (Phi) is 5.22. The van der Waals surface area contributed by atoms with E-state index in [-0.39, 0.29) is 18.6 Å². The highest BCUT2D eigenvalue weighted by atomic mass is 16.5. The van der Waals surface area contributed by atoms with Crippen molar-refractivity contribution >= 4 is 11.9 Å². The standard InChI is InChI=1S/C15H26N2O4/c1-2-17(12-10-21-9-11(12)14(19)20)13(18)8-15(16)6-4-3-5-7-15/h11-12H,2-10,16H2,1H3,(H,19,20). The number of nitrogens with zero attached hydrogens (tertiary/aromatic N) is 1. The molecule has 1 amide bonds. The topological polar surface area (TPSA) is 92.9 Å². The maximum atomic E-state index is 12.6. The summed E-state index contributed by atoms with van der Waals surface area (Å²) in [6.07, 6.45) is 5.38. The Balaban J connectivity index is 2.02. The van der Waals surface area contributed by atoms with Gasteiger partial charge in [-0.05, 0) is 19.8 Å². The number of carboxylic acid groups (broad SMARTS) is 1. The molecule has 1 saturated carbocycles. The number of nitrogens with two attached hydrogens (primary N) is 1. The van der Waals surface area contributed by atoms with Crippen LogP contribution in [0.2, 0.25) is 0 Å². The van der Waals surface area contributed by atoms with Gasteiger partial charge in [-0.2, -0.15) is 0 Å². The normalized spacial score (nSPS) is 28.3. The summed E-state index contributed by atoms with van der Waals surface area (Å²) in [5, 5.41) is 9.24. The lowest BCUT2D eigenvalue weighted by Gasteiger charge is -2.36. The molecule has 1 aliphatic heterocycles. The van der Waals surface area contributed by atoms with Crippen LogP contribution in [0.5, 0.6) is 0 Å². The molecule has 120 valence electrons. The Labute approximate surface area is 125 Å². The molecule has 2 rings (SSSR count). The first-order valence-electron chi connectivity index (χ1n) is 7.86. The zero-order valence-corrected chi connectivity index (χ0v) is 12.7. The number of amides is 1. The molecule has 2 aliphatic rings. The number of hydrogen-bond donors (Lipinski definition) is 2. The molecule has 2 atom stereocenters. The van der Waals surface area contributed by atoms with Crippen LogP contribution < -0.4 is 5.73 Å². The zero-order valence-electron chi connectivity index (χ0n) is 12.7. The summed E-state index contributed by atoms with van der Waals surface area (Å²) in [5.41, 5.74) is 5.93. The number of ether oxygens (including phenoxy) is 1. The van der Waals surface area contributed by atoms with Gasteiger partial charge in [0.05, 0.1) is 19.3 Å². The second-order valence-corrected chi connectivity index (χ2v) is 6.33. The first-order chi connectivity index (χ1) is 9.97. The first kappa shape index (κ1) is 16.2. The number of carbonyl (C=O) groups excluding carboxylic acids is 1. The number of likely N-dealkylation sites (N-methyl/N-ethyl adjacent to an activating group) is 1. The van der Waals surface area contributed by atoms with Crippen LogP contribution in [0, 0.1) is 5.92 Å². The fourth-order valence-corrected chi connectivity index (χ4v) is 3.52. The number of rotatable bonds is 5. The molecular weight excluding hydrogens is 272 g/mol. The van der Waals surface area contributed by atoms with Crippen LogP contribution in [-0.4, -0.2) is 53.2 Å². The van der Waals surface area contributed by atoms with Crippen LogP contribution in [0.1, 0.15) is 45.4 Å². The molecule has 0 spiro atoms. The fourth-order valence-electron chi connectivity index (χ4n) is 3.52. The lowest BCUT2D eigenvalue weighted by Crippen LogP contribution is -2.51. The summed E-state index contributed by atoms with van der Waals surface area (Å²) >= 11 is 0. The van der Waals surface area contributed by atoms with Gasteiger partial charge >= 0.3 is 5.97 Å². The molecule has 6 nitrogen and oxygen atoms in total. The van der Waals surface area contributed by atoms with Crippen molar-refractivity contribution in [2.75, 3.05) is 19.8 Å². The minimum atomic E-state index is -0.899. The van der Waals surface area contributed by atoms with Gasteiger partial charge in [-0.15, -0.1) is 0 Å². The van der Waals surface area contributed by atoms with Gasteiger partial charge in [-0.3, -0.25) is 9.59 Å². The molecule has 21 heavy (non-hydrogen) atoms. The molecule has 1 saturated heterocycles. The third kappa shape index (κ3) is 3.74. The highest BCUT2D eigenvalue weighted by molar-refractivity contribution is 5.79. The van der Waals surface area contributed by atoms with Gasteiger partial charge in [0, 0.05) is 18.5 Å². The molecule has 1 heterocycles. The minimum Gasteiger partial charge on any atom is -0.481 e. The Bertz CT molecular complexity index is 393. The van der Waals surface area contributed by atoms with Crippen LogP contribution in [0.4, 0.5) is 0 Å². The maximum absolute atomic E-state index is 12.6. The summed E-state index contributed by atoms with van der Waals surface area (Å²) in [4.78, 5) is 25.5. The van der Waals surface area contributed by atoms with Crippen molar-refractivity contribution in [3.63, 3.8) is 0 Å². The SMILES string of the molecule is CCN(C(=O)CC1(N)CCCCC1)C1COCC1C(=O)O. The number of carboxylic acids is 1. The van der Waals surface area contributed by atoms with Crippen LogP contribution >= 0.6 is 0 Å². The molecule has 2 unspecified atom stereocenters. The van der Waals surface area contributed by atoms with Gasteiger partial charge in [-0.25, -0.2) is 0 Å². The summed E-state index contributed by atoms with van der Waals surface area (Å²) in [6.45, 7) is 2.84. The third-order valence-corrected chi connectivity index (χ3v) is 4.78. The minimum absolute atomic E-state index is 0.0383. The Morgan fingerprint density at radius 2 is 1.95 bits per heavy atom. The van der Waals surface area contributed by atoms with Crippen LogP contribution in [-0.2, 0) is 14.3 Å². The summed E-state index contributed by atoms with van der Waals surface area (Å²) < 4.78 is 5.27. The Hall–Kier alpha value is -1.14. The van der Waals surface area contributed by atoms with Gasteiger partial charge in [-0.1, -0.05) is 19.3 Å². The van der Waals surface area contributed by atoms with Crippen molar-refractivity contribution in [1.29, 1.82) is 0 Å². The molecule has 0 aromatic rings. The highest BCUT2D eigenvalue weighted by Crippen LogP contribution is 2.30. The zero-order chi connectivity index (χ0) is 15.5. The monoisotopic (exact) mass is 298 g/mol. The predicted molar refractivity (Wildman–Crippen MR) is 77.7 cm³/mol. The van der Waals surface area contributed by atoms with Crippen molar-refractivity contribution in [3.05, 3.63) is 0 Å². The molecular formula is C15H26N2O4. The van der Waals surface area contributed by atoms with Crippen molar-refractivity contribution in [1.82, 2.24) is 4.90 Å². The number of aliphatic carboxylic acids is 1. The van der Waals surface area contributed by atoms with E-state index in [9.17, 15) is 14.7 Å². The van der Waals surface area contributed by atoms with Crippen molar-refractivity contribution in [3.8, 4) is 0 Å². The van der Waals surface area contributed by atoms with E-state index in [2.05, 4.69) is 0 Å². The van der Waals surface area contributed by atoms with E-state index in [1.807, 2.05) is 6.92 Å². The molecule has 1 aliphatic carbocycles. The van der Waals surface area contributed by atoms with E-state index in [0.717, 1.165) is 25.7 Å². The Morgan fingerprint density at radius 1 is 1.29 bits per heavy atom. The lowest BCUT2D eigenvalue weighted by atomic mass is 9.80. The second kappa shape index (κ2) is 6.75. The largest absolute Gasteiger partial charge is 0.481 e. The third-order valence-electron chi connectivity index (χ3n) is 4.78. The van der Waals surface area contributed by atoms with Crippen LogP contribution in [0.15, 0.2) is 0 Å². The predicted octanol–water partition coefficient (Wildman–Crippen LogP) is 0.986. The van der Waals surface area contributed by atoms with E-state index in [4.69, 9.17) is 10.5 Å². The summed E-state index contributed by atoms with van der Waals surface area (Å²) in [7, 11) is 0. The molecule has 0 aromatic heterocycles. The molecule has 2 fully saturated rings. The van der Waals surface area contributed by atoms with E-state index in [0.29, 0.717) is 19.6 Å². The first-order valence-corrected chi connectivity index (χ1v) is 7.86. The molecule has 0 bridgehead atoms. The van der Waals surface area contributed by atoms with Crippen molar-refractivity contribution in [2.45, 2.75) is 57.0 Å². The van der Waals surface area contributed by atoms with Crippen molar-refractivity contribution < 1.29 is 19.4 Å². The Morgan fingerprint density at radius 3 is 2.52 bits per heavy atom. The smallest absolute Gasteiger partial charge is 0.311 e. The molecule has 0 aromatic carbocycles. The van der Waals surface area contributed by atoms with Gasteiger partial charge < -0.3 is 20.5 Å². The van der Waals surface area contributed by atoms with E-state index in [1.165, 1.54) is 6.42 Å². The van der Waals surface area contributed by atoms with Gasteiger partial charge in [0.15, 0.2) is 0 Å². The summed E-state index contributed by atoms with van der Waals surface area (Å²) in [5.74, 6) is -1.57. The van der Waals surface area contributed by atoms with E-state index >= 15 is 0 Å². The number of carbonyl (C=O) groups is 2. The molecule has 0 radical (unpaired) electrons. The number of hydrogen-bond acceptors (Lipinski definition) is 4. The van der Waals surface area contributed by atoms with Gasteiger partial charge in [0.1, 0.15) is 5.92 Å². The van der Waals surface area contributed by atoms with E-state index in [1.54, 1.807) is 4.90 Å². The van der Waals surface area contributed by atoms with Gasteiger partial charge in [0.2, 0.25) is 5.91 Å². The average molecular weight is 298 g/mol. The molecule has 6 heteroatoms. The fraction of sp³-hybridized carbons (Fsp3) is 0.867. The second-order valence-electron chi connectivity index (χ2n) is 6.33. The van der Waals surface area contributed by atoms with Gasteiger partial charge in [0.25, 0.3) is 0 Å². The van der Waals surface area contributed by atoms with Crippen LogP contribution in [0.25, 0.3) is 0 Å². The van der Waals surface area contributed by atoms with Crippen molar-refractivity contribution in [2.24, 2.45) is 11.7 Å². The van der Waals surface area contributed by atoms with E-state index < -0.39 is 17.4 Å². The molecule has 3 N–H and O–H groups in total.